The van der Waals surface area contributed by atoms with E-state index >= 15 is 0 Å². The Balaban J connectivity index is 1.82. The van der Waals surface area contributed by atoms with Gasteiger partial charge in [0.25, 0.3) is 0 Å². The zero-order valence-corrected chi connectivity index (χ0v) is 11.3. The van der Waals surface area contributed by atoms with Crippen molar-refractivity contribution in [3.63, 3.8) is 0 Å². The Hall–Kier alpha value is -2.56. The van der Waals surface area contributed by atoms with Crippen molar-refractivity contribution < 1.29 is 13.9 Å². The number of rotatable bonds is 4. The Morgan fingerprint density at radius 2 is 1.95 bits per heavy atom. The maximum atomic E-state index is 5.67. The highest BCUT2D eigenvalue weighted by molar-refractivity contribution is 5.71. The van der Waals surface area contributed by atoms with Crippen LogP contribution < -0.4 is 9.47 Å². The van der Waals surface area contributed by atoms with Gasteiger partial charge in [-0.05, 0) is 30.7 Å². The number of methoxy groups -OCH3 is 1. The molecule has 0 saturated carbocycles. The molecule has 0 atom stereocenters. The number of aryl methyl sites for hydroxylation is 1. The highest BCUT2D eigenvalue weighted by Gasteiger charge is 2.10. The fourth-order valence-electron chi connectivity index (χ4n) is 1.93. The second-order valence-corrected chi connectivity index (χ2v) is 4.33. The van der Waals surface area contributed by atoms with E-state index in [0.29, 0.717) is 23.1 Å². The summed E-state index contributed by atoms with van der Waals surface area (Å²) in [6, 6.07) is 9.35. The SMILES string of the molecule is COc1ccccc1OCc1nc2c(C)ccnc2o1. The van der Waals surface area contributed by atoms with Crippen LogP contribution >= 0.6 is 0 Å². The van der Waals surface area contributed by atoms with Gasteiger partial charge in [0.2, 0.25) is 11.6 Å². The van der Waals surface area contributed by atoms with E-state index in [9.17, 15) is 0 Å². The molecule has 0 aliphatic carbocycles. The molecule has 0 spiro atoms. The summed E-state index contributed by atoms with van der Waals surface area (Å²) in [6.45, 7) is 2.20. The Labute approximate surface area is 116 Å². The van der Waals surface area contributed by atoms with Gasteiger partial charge in [-0.3, -0.25) is 0 Å². The van der Waals surface area contributed by atoms with Crippen molar-refractivity contribution in [2.75, 3.05) is 7.11 Å². The summed E-state index contributed by atoms with van der Waals surface area (Å²) in [6.07, 6.45) is 1.70. The Bertz CT molecular complexity index is 737. The van der Waals surface area contributed by atoms with Crippen LogP contribution in [0.1, 0.15) is 11.5 Å². The van der Waals surface area contributed by atoms with Crippen molar-refractivity contribution in [3.8, 4) is 11.5 Å². The van der Waals surface area contributed by atoms with Crippen LogP contribution in [0, 0.1) is 6.92 Å². The van der Waals surface area contributed by atoms with Gasteiger partial charge < -0.3 is 13.9 Å². The summed E-state index contributed by atoms with van der Waals surface area (Å²) in [5.41, 5.74) is 2.33. The smallest absolute Gasteiger partial charge is 0.247 e. The Kier molecular flexibility index (Phi) is 3.25. The topological polar surface area (TPSA) is 57.4 Å². The van der Waals surface area contributed by atoms with Gasteiger partial charge in [-0.1, -0.05) is 12.1 Å². The number of hydrogen-bond acceptors (Lipinski definition) is 5. The minimum atomic E-state index is 0.232. The van der Waals surface area contributed by atoms with Crippen molar-refractivity contribution in [2.24, 2.45) is 0 Å². The average Bonchev–Trinajstić information content (AvgIpc) is 2.90. The number of fused-ring (bicyclic) bond motifs is 1. The predicted molar refractivity (Wildman–Crippen MR) is 73.9 cm³/mol. The zero-order chi connectivity index (χ0) is 13.9. The lowest BCUT2D eigenvalue weighted by atomic mass is 10.3. The van der Waals surface area contributed by atoms with Crippen LogP contribution in [0.15, 0.2) is 40.9 Å². The second-order valence-electron chi connectivity index (χ2n) is 4.33. The van der Waals surface area contributed by atoms with E-state index in [2.05, 4.69) is 9.97 Å². The lowest BCUT2D eigenvalue weighted by Gasteiger charge is -2.08. The van der Waals surface area contributed by atoms with Crippen molar-refractivity contribution in [3.05, 3.63) is 48.0 Å². The molecule has 0 bridgehead atoms. The molecule has 2 aromatic heterocycles. The molecule has 20 heavy (non-hydrogen) atoms. The number of para-hydroxylation sites is 2. The number of hydrogen-bond donors (Lipinski definition) is 0. The largest absolute Gasteiger partial charge is 0.493 e. The molecule has 0 aliphatic heterocycles. The molecule has 0 amide bonds. The third kappa shape index (κ3) is 2.30. The molecule has 0 saturated heterocycles. The molecule has 5 nitrogen and oxygen atoms in total. The molecule has 0 fully saturated rings. The molecule has 1 aromatic carbocycles. The standard InChI is InChI=1S/C15H14N2O3/c1-10-7-8-16-15-14(10)17-13(20-15)9-19-12-6-4-3-5-11(12)18-2/h3-8H,9H2,1-2H3. The van der Waals surface area contributed by atoms with Crippen LogP contribution in [-0.4, -0.2) is 17.1 Å². The van der Waals surface area contributed by atoms with E-state index in [1.54, 1.807) is 13.3 Å². The molecule has 3 aromatic rings. The molecular formula is C15H14N2O3. The lowest BCUT2D eigenvalue weighted by molar-refractivity contribution is 0.253. The molecule has 5 heteroatoms. The van der Waals surface area contributed by atoms with E-state index in [0.717, 1.165) is 11.1 Å². The highest BCUT2D eigenvalue weighted by atomic mass is 16.5. The number of pyridine rings is 1. The van der Waals surface area contributed by atoms with Crippen LogP contribution in [0.3, 0.4) is 0 Å². The van der Waals surface area contributed by atoms with E-state index in [1.165, 1.54) is 0 Å². The zero-order valence-electron chi connectivity index (χ0n) is 11.3. The first kappa shape index (κ1) is 12.5. The summed E-state index contributed by atoms with van der Waals surface area (Å²) in [5, 5.41) is 0. The minimum absolute atomic E-state index is 0.232. The van der Waals surface area contributed by atoms with E-state index in [1.807, 2.05) is 37.3 Å². The third-order valence-corrected chi connectivity index (χ3v) is 2.96. The van der Waals surface area contributed by atoms with Gasteiger partial charge in [0, 0.05) is 6.20 Å². The molecule has 0 unspecified atom stereocenters. The van der Waals surface area contributed by atoms with E-state index in [-0.39, 0.29) is 6.61 Å². The summed E-state index contributed by atoms with van der Waals surface area (Å²) in [7, 11) is 1.61. The summed E-state index contributed by atoms with van der Waals surface area (Å²) >= 11 is 0. The minimum Gasteiger partial charge on any atom is -0.493 e. The van der Waals surface area contributed by atoms with Gasteiger partial charge in [0.15, 0.2) is 18.1 Å². The first-order valence-electron chi connectivity index (χ1n) is 6.25. The normalized spacial score (nSPS) is 10.7. The first-order chi connectivity index (χ1) is 9.78. The lowest BCUT2D eigenvalue weighted by Crippen LogP contribution is -1.97. The van der Waals surface area contributed by atoms with Gasteiger partial charge in [0.05, 0.1) is 7.11 Å². The quantitative estimate of drug-likeness (QED) is 0.729. The van der Waals surface area contributed by atoms with Gasteiger partial charge >= 0.3 is 0 Å². The Morgan fingerprint density at radius 3 is 2.70 bits per heavy atom. The number of aromatic nitrogens is 2. The monoisotopic (exact) mass is 270 g/mol. The summed E-state index contributed by atoms with van der Waals surface area (Å²) < 4.78 is 16.5. The number of oxazole rings is 1. The maximum Gasteiger partial charge on any atom is 0.247 e. The molecule has 0 N–H and O–H groups in total. The van der Waals surface area contributed by atoms with Crippen molar-refractivity contribution >= 4 is 11.2 Å². The first-order valence-corrected chi connectivity index (χ1v) is 6.25. The van der Waals surface area contributed by atoms with Gasteiger partial charge in [-0.25, -0.2) is 9.97 Å². The number of ether oxygens (including phenoxy) is 2. The van der Waals surface area contributed by atoms with E-state index < -0.39 is 0 Å². The Morgan fingerprint density at radius 1 is 1.15 bits per heavy atom. The number of benzene rings is 1. The van der Waals surface area contributed by atoms with Crippen molar-refractivity contribution in [1.82, 2.24) is 9.97 Å². The highest BCUT2D eigenvalue weighted by Crippen LogP contribution is 2.27. The summed E-state index contributed by atoms with van der Waals surface area (Å²) in [5.74, 6) is 1.83. The molecule has 2 heterocycles. The van der Waals surface area contributed by atoms with Gasteiger partial charge in [-0.15, -0.1) is 0 Å². The summed E-state index contributed by atoms with van der Waals surface area (Å²) in [4.78, 5) is 8.53. The fourth-order valence-corrected chi connectivity index (χ4v) is 1.93. The third-order valence-electron chi connectivity index (χ3n) is 2.96. The van der Waals surface area contributed by atoms with E-state index in [4.69, 9.17) is 13.9 Å². The average molecular weight is 270 g/mol. The molecule has 0 radical (unpaired) electrons. The fraction of sp³-hybridized carbons (Fsp3) is 0.200. The van der Waals surface area contributed by atoms with Crippen LogP contribution in [0.5, 0.6) is 11.5 Å². The van der Waals surface area contributed by atoms with Gasteiger partial charge in [-0.2, -0.15) is 0 Å². The van der Waals surface area contributed by atoms with Gasteiger partial charge in [0.1, 0.15) is 5.52 Å². The maximum absolute atomic E-state index is 5.67. The van der Waals surface area contributed by atoms with Crippen molar-refractivity contribution in [2.45, 2.75) is 13.5 Å². The molecule has 0 aliphatic rings. The van der Waals surface area contributed by atoms with Crippen LogP contribution in [-0.2, 0) is 6.61 Å². The molecular weight excluding hydrogens is 256 g/mol. The second kappa shape index (κ2) is 5.21. The molecule has 3 rings (SSSR count). The van der Waals surface area contributed by atoms with Crippen LogP contribution in [0.4, 0.5) is 0 Å². The predicted octanol–water partition coefficient (Wildman–Crippen LogP) is 3.12. The van der Waals surface area contributed by atoms with Crippen LogP contribution in [0.2, 0.25) is 0 Å². The number of nitrogens with zero attached hydrogens (tertiary/aromatic N) is 2. The molecule has 102 valence electrons. The van der Waals surface area contributed by atoms with Crippen molar-refractivity contribution in [1.29, 1.82) is 0 Å². The van der Waals surface area contributed by atoms with Crippen LogP contribution in [0.25, 0.3) is 11.2 Å².